The van der Waals surface area contributed by atoms with Crippen molar-refractivity contribution < 1.29 is 17.9 Å². The molecular weight excluding hydrogens is 414 g/mol. The second-order valence-corrected chi connectivity index (χ2v) is 9.14. The van der Waals surface area contributed by atoms with Crippen molar-refractivity contribution in [3.63, 3.8) is 0 Å². The summed E-state index contributed by atoms with van der Waals surface area (Å²) < 4.78 is 37.8. The first kappa shape index (κ1) is 23.0. The number of ether oxygens (including phenoxy) is 2. The molecular formula is C23H29N3O4S. The molecule has 3 aromatic rings. The molecule has 0 unspecified atom stereocenters. The van der Waals surface area contributed by atoms with Gasteiger partial charge < -0.3 is 9.47 Å². The van der Waals surface area contributed by atoms with Crippen molar-refractivity contribution in [3.8, 4) is 17.0 Å². The van der Waals surface area contributed by atoms with Crippen LogP contribution < -0.4 is 4.74 Å². The van der Waals surface area contributed by atoms with Crippen molar-refractivity contribution in [2.75, 3.05) is 33.4 Å². The summed E-state index contributed by atoms with van der Waals surface area (Å²) in [5.41, 5.74) is 2.92. The SMILES string of the molecule is CCOCCOc1ccc(S(=O)(=O)N(C)CCCc2cc(-c3ccccc3)n[nH]2)cc1. The zero-order valence-electron chi connectivity index (χ0n) is 18.0. The van der Waals surface area contributed by atoms with Gasteiger partial charge in [0.05, 0.1) is 17.2 Å². The first-order valence-corrected chi connectivity index (χ1v) is 11.8. The third-order valence-corrected chi connectivity index (χ3v) is 6.72. The second kappa shape index (κ2) is 11.1. The summed E-state index contributed by atoms with van der Waals surface area (Å²) >= 11 is 0. The van der Waals surface area contributed by atoms with Gasteiger partial charge in [0.1, 0.15) is 12.4 Å². The van der Waals surface area contributed by atoms with E-state index in [1.807, 2.05) is 43.3 Å². The van der Waals surface area contributed by atoms with Crippen LogP contribution in [-0.2, 0) is 21.2 Å². The molecule has 0 amide bonds. The lowest BCUT2D eigenvalue weighted by Gasteiger charge is -2.17. The predicted octanol–water partition coefficient (Wildman–Crippen LogP) is 3.75. The van der Waals surface area contributed by atoms with Crippen molar-refractivity contribution in [3.05, 3.63) is 66.4 Å². The van der Waals surface area contributed by atoms with Gasteiger partial charge in [0.2, 0.25) is 10.0 Å². The van der Waals surface area contributed by atoms with E-state index in [9.17, 15) is 8.42 Å². The maximum absolute atomic E-state index is 12.8. The molecule has 31 heavy (non-hydrogen) atoms. The van der Waals surface area contributed by atoms with E-state index in [2.05, 4.69) is 10.2 Å². The van der Waals surface area contributed by atoms with Crippen LogP contribution in [0.15, 0.2) is 65.6 Å². The number of sulfonamides is 1. The summed E-state index contributed by atoms with van der Waals surface area (Å²) in [5, 5.41) is 7.38. The average Bonchev–Trinajstić information content (AvgIpc) is 3.26. The summed E-state index contributed by atoms with van der Waals surface area (Å²) in [6.07, 6.45) is 1.40. The van der Waals surface area contributed by atoms with Gasteiger partial charge in [-0.15, -0.1) is 0 Å². The molecule has 1 aromatic heterocycles. The maximum Gasteiger partial charge on any atom is 0.242 e. The molecule has 1 N–H and O–H groups in total. The molecule has 0 aliphatic carbocycles. The van der Waals surface area contributed by atoms with Gasteiger partial charge in [0.15, 0.2) is 0 Å². The lowest BCUT2D eigenvalue weighted by Crippen LogP contribution is -2.28. The van der Waals surface area contributed by atoms with E-state index < -0.39 is 10.0 Å². The van der Waals surface area contributed by atoms with Crippen molar-refractivity contribution >= 4 is 10.0 Å². The fourth-order valence-electron chi connectivity index (χ4n) is 3.11. The fourth-order valence-corrected chi connectivity index (χ4v) is 4.32. The molecule has 0 radical (unpaired) electrons. The van der Waals surface area contributed by atoms with E-state index >= 15 is 0 Å². The van der Waals surface area contributed by atoms with Gasteiger partial charge in [-0.05, 0) is 50.1 Å². The van der Waals surface area contributed by atoms with Gasteiger partial charge in [-0.2, -0.15) is 5.10 Å². The number of hydrogen-bond donors (Lipinski definition) is 1. The molecule has 7 nitrogen and oxygen atoms in total. The van der Waals surface area contributed by atoms with E-state index in [4.69, 9.17) is 9.47 Å². The van der Waals surface area contributed by atoms with E-state index in [1.165, 1.54) is 4.31 Å². The van der Waals surface area contributed by atoms with Gasteiger partial charge in [0.25, 0.3) is 0 Å². The third-order valence-electron chi connectivity index (χ3n) is 4.85. The van der Waals surface area contributed by atoms with Crippen LogP contribution in [0, 0.1) is 0 Å². The van der Waals surface area contributed by atoms with E-state index in [-0.39, 0.29) is 4.90 Å². The molecule has 0 bridgehead atoms. The zero-order valence-corrected chi connectivity index (χ0v) is 18.8. The number of aryl methyl sites for hydroxylation is 1. The van der Waals surface area contributed by atoms with Crippen LogP contribution in [-0.4, -0.2) is 56.3 Å². The van der Waals surface area contributed by atoms with Crippen molar-refractivity contribution in [2.45, 2.75) is 24.7 Å². The Hall–Kier alpha value is -2.68. The molecule has 0 aliphatic heterocycles. The average molecular weight is 444 g/mol. The molecule has 0 aliphatic rings. The molecule has 166 valence electrons. The van der Waals surface area contributed by atoms with Crippen LogP contribution in [0.3, 0.4) is 0 Å². The van der Waals surface area contributed by atoms with Crippen LogP contribution in [0.2, 0.25) is 0 Å². The summed E-state index contributed by atoms with van der Waals surface area (Å²) in [6.45, 7) is 3.91. The van der Waals surface area contributed by atoms with Gasteiger partial charge in [-0.25, -0.2) is 12.7 Å². The Kier molecular flexibility index (Phi) is 8.22. The summed E-state index contributed by atoms with van der Waals surface area (Å²) in [5.74, 6) is 0.620. The Morgan fingerprint density at radius 1 is 1.03 bits per heavy atom. The van der Waals surface area contributed by atoms with Gasteiger partial charge >= 0.3 is 0 Å². The topological polar surface area (TPSA) is 84.5 Å². The number of nitrogens with zero attached hydrogens (tertiary/aromatic N) is 2. The Balaban J connectivity index is 1.50. The zero-order chi connectivity index (χ0) is 22.1. The van der Waals surface area contributed by atoms with Crippen molar-refractivity contribution in [1.82, 2.24) is 14.5 Å². The predicted molar refractivity (Wildman–Crippen MR) is 121 cm³/mol. The number of benzene rings is 2. The monoisotopic (exact) mass is 443 g/mol. The minimum absolute atomic E-state index is 0.250. The van der Waals surface area contributed by atoms with Crippen LogP contribution >= 0.6 is 0 Å². The smallest absolute Gasteiger partial charge is 0.242 e. The lowest BCUT2D eigenvalue weighted by molar-refractivity contribution is 0.110. The minimum atomic E-state index is -3.55. The van der Waals surface area contributed by atoms with E-state index in [1.54, 1.807) is 31.3 Å². The molecule has 8 heteroatoms. The van der Waals surface area contributed by atoms with Crippen molar-refractivity contribution in [1.29, 1.82) is 0 Å². The molecule has 0 saturated carbocycles. The van der Waals surface area contributed by atoms with Gasteiger partial charge in [0, 0.05) is 31.5 Å². The van der Waals surface area contributed by atoms with Crippen LogP contribution in [0.1, 0.15) is 19.0 Å². The number of rotatable bonds is 12. The molecule has 1 heterocycles. The number of nitrogens with one attached hydrogen (secondary N) is 1. The Morgan fingerprint density at radius 3 is 2.48 bits per heavy atom. The Labute approximate surface area is 184 Å². The highest BCUT2D eigenvalue weighted by atomic mass is 32.2. The fraction of sp³-hybridized carbons (Fsp3) is 0.348. The molecule has 0 atom stereocenters. The number of aromatic amines is 1. The first-order chi connectivity index (χ1) is 15.0. The molecule has 2 aromatic carbocycles. The second-order valence-electron chi connectivity index (χ2n) is 7.09. The third kappa shape index (κ3) is 6.40. The molecule has 0 spiro atoms. The number of hydrogen-bond acceptors (Lipinski definition) is 5. The highest BCUT2D eigenvalue weighted by Gasteiger charge is 2.20. The van der Waals surface area contributed by atoms with E-state index in [0.717, 1.165) is 17.0 Å². The minimum Gasteiger partial charge on any atom is -0.491 e. The Morgan fingerprint density at radius 2 is 1.77 bits per heavy atom. The number of aromatic nitrogens is 2. The number of H-pyrrole nitrogens is 1. The normalized spacial score (nSPS) is 11.7. The molecule has 0 saturated heterocycles. The molecule has 0 fully saturated rings. The van der Waals surface area contributed by atoms with Gasteiger partial charge in [-0.1, -0.05) is 30.3 Å². The van der Waals surface area contributed by atoms with Gasteiger partial charge in [-0.3, -0.25) is 5.10 Å². The van der Waals surface area contributed by atoms with E-state index in [0.29, 0.717) is 45.0 Å². The first-order valence-electron chi connectivity index (χ1n) is 10.4. The van der Waals surface area contributed by atoms with Crippen molar-refractivity contribution in [2.24, 2.45) is 0 Å². The van der Waals surface area contributed by atoms with Crippen LogP contribution in [0.5, 0.6) is 5.75 Å². The standard InChI is InChI=1S/C23H29N3O4S/c1-3-29-16-17-30-21-11-13-22(14-12-21)31(27,28)26(2)15-7-10-20-18-23(25-24-20)19-8-5-4-6-9-19/h4-6,8-9,11-14,18H,3,7,10,15-17H2,1-2H3,(H,24,25). The summed E-state index contributed by atoms with van der Waals surface area (Å²) in [6, 6.07) is 18.4. The lowest BCUT2D eigenvalue weighted by atomic mass is 10.1. The Bertz CT molecular complexity index is 1030. The maximum atomic E-state index is 12.8. The highest BCUT2D eigenvalue weighted by molar-refractivity contribution is 7.89. The highest BCUT2D eigenvalue weighted by Crippen LogP contribution is 2.20. The van der Waals surface area contributed by atoms with Crippen LogP contribution in [0.4, 0.5) is 0 Å². The summed E-state index contributed by atoms with van der Waals surface area (Å²) in [7, 11) is -1.95. The largest absolute Gasteiger partial charge is 0.491 e. The quantitative estimate of drug-likeness (QED) is 0.431. The molecule has 3 rings (SSSR count). The van der Waals surface area contributed by atoms with Crippen LogP contribution in [0.25, 0.3) is 11.3 Å². The summed E-state index contributed by atoms with van der Waals surface area (Å²) in [4.78, 5) is 0.250.